The summed E-state index contributed by atoms with van der Waals surface area (Å²) in [7, 11) is 0. The first-order valence-electron chi connectivity index (χ1n) is 6.96. The van der Waals surface area contributed by atoms with Crippen LogP contribution < -0.4 is 10.1 Å². The fourth-order valence-electron chi connectivity index (χ4n) is 2.71. The van der Waals surface area contributed by atoms with E-state index >= 15 is 0 Å². The molecule has 1 aliphatic rings. The van der Waals surface area contributed by atoms with Crippen LogP contribution in [0.2, 0.25) is 0 Å². The molecule has 0 radical (unpaired) electrons. The van der Waals surface area contributed by atoms with Crippen LogP contribution in [0.25, 0.3) is 0 Å². The van der Waals surface area contributed by atoms with Crippen LogP contribution in [0, 0.1) is 0 Å². The van der Waals surface area contributed by atoms with Gasteiger partial charge in [-0.25, -0.2) is 0 Å². The third-order valence-corrected chi connectivity index (χ3v) is 3.71. The second-order valence-corrected chi connectivity index (χ2v) is 5.67. The Hall–Kier alpha value is -1.23. The number of alkyl halides is 3. The molecule has 2 rings (SSSR count). The molecule has 1 aromatic rings. The lowest BCUT2D eigenvalue weighted by atomic mass is 9.88. The summed E-state index contributed by atoms with van der Waals surface area (Å²) in [6, 6.07) is 6.17. The van der Waals surface area contributed by atoms with Gasteiger partial charge < -0.3 is 10.1 Å². The van der Waals surface area contributed by atoms with Crippen molar-refractivity contribution in [1.29, 1.82) is 0 Å². The Morgan fingerprint density at radius 2 is 1.85 bits per heavy atom. The first-order valence-corrected chi connectivity index (χ1v) is 6.96. The van der Waals surface area contributed by atoms with Crippen molar-refractivity contribution in [3.8, 4) is 5.75 Å². The second-order valence-electron chi connectivity index (χ2n) is 5.67. The molecule has 1 N–H and O–H groups in total. The molecule has 0 bridgehead atoms. The molecule has 0 aliphatic carbocycles. The molecule has 2 nitrogen and oxygen atoms in total. The van der Waals surface area contributed by atoms with Gasteiger partial charge in [0.15, 0.2) is 0 Å². The van der Waals surface area contributed by atoms with E-state index in [0.717, 1.165) is 24.9 Å². The van der Waals surface area contributed by atoms with Crippen LogP contribution in [0.4, 0.5) is 13.2 Å². The van der Waals surface area contributed by atoms with Crippen molar-refractivity contribution < 1.29 is 17.9 Å². The Morgan fingerprint density at radius 1 is 1.15 bits per heavy atom. The molecular formula is C15H20F3NO. The molecule has 20 heavy (non-hydrogen) atoms. The van der Waals surface area contributed by atoms with Crippen molar-refractivity contribution in [3.63, 3.8) is 0 Å². The molecule has 0 spiro atoms. The quantitative estimate of drug-likeness (QED) is 0.905. The van der Waals surface area contributed by atoms with Gasteiger partial charge in [-0.1, -0.05) is 25.0 Å². The first kappa shape index (κ1) is 15.2. The van der Waals surface area contributed by atoms with Gasteiger partial charge in [-0.05, 0) is 50.4 Å². The van der Waals surface area contributed by atoms with Crippen molar-refractivity contribution in [1.82, 2.24) is 5.32 Å². The van der Waals surface area contributed by atoms with E-state index in [1.165, 1.54) is 31.4 Å². The summed E-state index contributed by atoms with van der Waals surface area (Å²) < 4.78 is 40.1. The highest BCUT2D eigenvalue weighted by Gasteiger charge is 2.31. The predicted octanol–water partition coefficient (Wildman–Crippen LogP) is 4.05. The lowest BCUT2D eigenvalue weighted by molar-refractivity contribution is -0.274. The van der Waals surface area contributed by atoms with E-state index in [2.05, 4.69) is 17.0 Å². The summed E-state index contributed by atoms with van der Waals surface area (Å²) in [6.45, 7) is 3.18. The average Bonchev–Trinajstić information content (AvgIpc) is 2.55. The van der Waals surface area contributed by atoms with Crippen molar-refractivity contribution in [3.05, 3.63) is 29.8 Å². The number of ether oxygens (including phenoxy) is 1. The molecule has 1 fully saturated rings. The maximum absolute atomic E-state index is 12.1. The van der Waals surface area contributed by atoms with E-state index in [9.17, 15) is 13.2 Å². The molecule has 1 aromatic carbocycles. The zero-order valence-corrected chi connectivity index (χ0v) is 11.6. The van der Waals surface area contributed by atoms with Gasteiger partial charge in [0, 0.05) is 5.54 Å². The number of nitrogens with one attached hydrogen (secondary N) is 1. The van der Waals surface area contributed by atoms with Gasteiger partial charge in [0.1, 0.15) is 5.75 Å². The Morgan fingerprint density at radius 3 is 2.50 bits per heavy atom. The van der Waals surface area contributed by atoms with Gasteiger partial charge in [-0.15, -0.1) is 13.2 Å². The molecule has 112 valence electrons. The van der Waals surface area contributed by atoms with Gasteiger partial charge in [-0.2, -0.15) is 0 Å². The highest BCUT2D eigenvalue weighted by Crippen LogP contribution is 2.26. The smallest absolute Gasteiger partial charge is 0.406 e. The lowest BCUT2D eigenvalue weighted by Crippen LogP contribution is -2.43. The second kappa shape index (κ2) is 6.04. The molecule has 1 unspecified atom stereocenters. The molecule has 5 heteroatoms. The normalized spacial score (nSPS) is 24.2. The molecule has 1 saturated heterocycles. The molecular weight excluding hydrogens is 267 g/mol. The summed E-state index contributed by atoms with van der Waals surface area (Å²) in [6.07, 6.45) is 0.900. The number of hydrogen-bond acceptors (Lipinski definition) is 2. The zero-order valence-electron chi connectivity index (χ0n) is 11.6. The number of rotatable bonds is 3. The average molecular weight is 287 g/mol. The third-order valence-electron chi connectivity index (χ3n) is 3.71. The maximum Gasteiger partial charge on any atom is 0.573 e. The predicted molar refractivity (Wildman–Crippen MR) is 71.7 cm³/mol. The number of benzene rings is 1. The van der Waals surface area contributed by atoms with Gasteiger partial charge in [0.2, 0.25) is 0 Å². The van der Waals surface area contributed by atoms with Crippen molar-refractivity contribution in [2.75, 3.05) is 6.54 Å². The van der Waals surface area contributed by atoms with E-state index < -0.39 is 6.36 Å². The third kappa shape index (κ3) is 4.71. The van der Waals surface area contributed by atoms with E-state index in [4.69, 9.17) is 0 Å². The van der Waals surface area contributed by atoms with Crippen LogP contribution in [-0.2, 0) is 6.42 Å². The molecule has 1 atom stereocenters. The van der Waals surface area contributed by atoms with Crippen molar-refractivity contribution in [2.24, 2.45) is 0 Å². The monoisotopic (exact) mass is 287 g/mol. The highest BCUT2D eigenvalue weighted by atomic mass is 19.4. The summed E-state index contributed by atoms with van der Waals surface area (Å²) in [5.41, 5.74) is 1.06. The Bertz CT molecular complexity index is 420. The minimum absolute atomic E-state index is 0.0307. The minimum Gasteiger partial charge on any atom is -0.406 e. The van der Waals surface area contributed by atoms with Crippen LogP contribution in [0.5, 0.6) is 5.75 Å². The van der Waals surface area contributed by atoms with Gasteiger partial charge in [0.05, 0.1) is 0 Å². The van der Waals surface area contributed by atoms with E-state index in [1.807, 2.05) is 0 Å². The topological polar surface area (TPSA) is 21.3 Å². The number of hydrogen-bond donors (Lipinski definition) is 1. The van der Waals surface area contributed by atoms with E-state index in [1.54, 1.807) is 12.1 Å². The van der Waals surface area contributed by atoms with E-state index in [-0.39, 0.29) is 11.3 Å². The van der Waals surface area contributed by atoms with Crippen LogP contribution >= 0.6 is 0 Å². The fraction of sp³-hybridized carbons (Fsp3) is 0.600. The van der Waals surface area contributed by atoms with Gasteiger partial charge >= 0.3 is 6.36 Å². The lowest BCUT2D eigenvalue weighted by Gasteiger charge is -2.29. The molecule has 0 amide bonds. The maximum atomic E-state index is 12.1. The summed E-state index contributed by atoms with van der Waals surface area (Å²) >= 11 is 0. The first-order chi connectivity index (χ1) is 9.36. The number of halogens is 3. The van der Waals surface area contributed by atoms with Crippen LogP contribution in [0.3, 0.4) is 0 Å². The minimum atomic E-state index is -4.63. The molecule has 1 aliphatic heterocycles. The van der Waals surface area contributed by atoms with Gasteiger partial charge in [-0.3, -0.25) is 0 Å². The largest absolute Gasteiger partial charge is 0.573 e. The van der Waals surface area contributed by atoms with Crippen molar-refractivity contribution in [2.45, 2.75) is 50.9 Å². The molecule has 1 heterocycles. The standard InChI is InChI=1S/C15H20F3NO/c1-14(9-3-2-4-10-19-14)11-12-5-7-13(8-6-12)20-15(16,17)18/h5-8,19H,2-4,9-11H2,1H3. The highest BCUT2D eigenvalue weighted by molar-refractivity contribution is 5.28. The van der Waals surface area contributed by atoms with Crippen LogP contribution in [0.1, 0.15) is 38.2 Å². The summed E-state index contributed by atoms with van der Waals surface area (Å²) in [5, 5.41) is 3.55. The zero-order chi connectivity index (χ0) is 14.6. The van der Waals surface area contributed by atoms with Gasteiger partial charge in [0.25, 0.3) is 0 Å². The Balaban J connectivity index is 1.99. The van der Waals surface area contributed by atoms with Crippen molar-refractivity contribution >= 4 is 0 Å². The SMILES string of the molecule is CC1(Cc2ccc(OC(F)(F)F)cc2)CCCCCN1. The van der Waals surface area contributed by atoms with E-state index in [0.29, 0.717) is 0 Å². The van der Waals surface area contributed by atoms with Crippen LogP contribution in [-0.4, -0.2) is 18.4 Å². The summed E-state index contributed by atoms with van der Waals surface area (Å²) in [5.74, 6) is -0.166. The fourth-order valence-corrected chi connectivity index (χ4v) is 2.71. The molecule has 0 aromatic heterocycles. The summed E-state index contributed by atoms with van der Waals surface area (Å²) in [4.78, 5) is 0. The Kier molecular flexibility index (Phi) is 4.58. The van der Waals surface area contributed by atoms with Crippen LogP contribution in [0.15, 0.2) is 24.3 Å². The Labute approximate surface area is 117 Å². The molecule has 0 saturated carbocycles.